The molecule has 1 aromatic rings. The number of halogens is 1. The molecule has 2 N–H and O–H groups in total. The summed E-state index contributed by atoms with van der Waals surface area (Å²) < 4.78 is 19.6. The summed E-state index contributed by atoms with van der Waals surface area (Å²) in [6, 6.07) is 4.25. The topological polar surface area (TPSA) is 52.9 Å². The van der Waals surface area contributed by atoms with Gasteiger partial charge in [0.25, 0.3) is 5.91 Å². The highest BCUT2D eigenvalue weighted by atomic mass is 19.1. The summed E-state index contributed by atoms with van der Waals surface area (Å²) in [7, 11) is 0. The number of morpholine rings is 1. The molecule has 0 aromatic heterocycles. The van der Waals surface area contributed by atoms with E-state index < -0.39 is 22.9 Å². The van der Waals surface area contributed by atoms with Crippen LogP contribution in [0.1, 0.15) is 38.8 Å². The van der Waals surface area contributed by atoms with Gasteiger partial charge in [-0.25, -0.2) is 9.29 Å². The predicted octanol–water partition coefficient (Wildman–Crippen LogP) is 2.12. The van der Waals surface area contributed by atoms with Crippen molar-refractivity contribution in [3.63, 3.8) is 0 Å². The lowest BCUT2D eigenvalue weighted by Crippen LogP contribution is -2.63. The first-order chi connectivity index (χ1) is 9.43. The second-order valence-electron chi connectivity index (χ2n) is 7.08. The highest BCUT2D eigenvalue weighted by Crippen LogP contribution is 2.34. The highest BCUT2D eigenvalue weighted by molar-refractivity contribution is 5.26. The Morgan fingerprint density at radius 1 is 1.14 bits per heavy atom. The van der Waals surface area contributed by atoms with Crippen molar-refractivity contribution in [3.8, 4) is 0 Å². The second-order valence-corrected chi connectivity index (χ2v) is 7.08. The van der Waals surface area contributed by atoms with Crippen LogP contribution in [0, 0.1) is 12.7 Å². The van der Waals surface area contributed by atoms with Crippen LogP contribution in [0.15, 0.2) is 18.2 Å². The molecular weight excluding hydrogens is 273 g/mol. The third kappa shape index (κ3) is 3.43. The number of rotatable bonds is 2. The maximum Gasteiger partial charge on any atom is 0.253 e. The van der Waals surface area contributed by atoms with E-state index in [1.165, 1.54) is 17.0 Å². The standard InChI is InChI=1S/C16H24FNO3/c1-11-6-7-12(8-13(11)17)16(19,20)18-9-14(2,3)21-15(4,5)10-18/h6-8,19-20H,9-10H2,1-5H3. The highest BCUT2D eigenvalue weighted by Gasteiger charge is 2.46. The predicted molar refractivity (Wildman–Crippen MR) is 78.1 cm³/mol. The van der Waals surface area contributed by atoms with Crippen LogP contribution in [-0.2, 0) is 10.6 Å². The molecule has 118 valence electrons. The molecule has 2 rings (SSSR count). The van der Waals surface area contributed by atoms with Gasteiger partial charge in [0.15, 0.2) is 0 Å². The molecule has 1 aromatic carbocycles. The lowest BCUT2D eigenvalue weighted by Gasteiger charge is -2.50. The Balaban J connectivity index is 2.35. The number of ether oxygens (including phenoxy) is 1. The van der Waals surface area contributed by atoms with E-state index in [-0.39, 0.29) is 5.56 Å². The zero-order chi connectivity index (χ0) is 16.1. The van der Waals surface area contributed by atoms with Crippen LogP contribution in [0.5, 0.6) is 0 Å². The number of aliphatic hydroxyl groups is 2. The van der Waals surface area contributed by atoms with Gasteiger partial charge in [0.05, 0.1) is 11.2 Å². The maximum atomic E-state index is 13.7. The molecule has 0 radical (unpaired) electrons. The molecule has 0 unspecified atom stereocenters. The van der Waals surface area contributed by atoms with Crippen molar-refractivity contribution in [2.75, 3.05) is 13.1 Å². The van der Waals surface area contributed by atoms with Gasteiger partial charge in [-0.05, 0) is 46.2 Å². The average Bonchev–Trinajstić information content (AvgIpc) is 2.28. The fraction of sp³-hybridized carbons (Fsp3) is 0.625. The Bertz CT molecular complexity index is 524. The molecule has 0 amide bonds. The van der Waals surface area contributed by atoms with E-state index in [2.05, 4.69) is 0 Å². The van der Waals surface area contributed by atoms with Gasteiger partial charge in [-0.15, -0.1) is 0 Å². The van der Waals surface area contributed by atoms with Crippen LogP contribution >= 0.6 is 0 Å². The van der Waals surface area contributed by atoms with Crippen molar-refractivity contribution in [2.45, 2.75) is 51.7 Å². The van der Waals surface area contributed by atoms with Crippen LogP contribution in [0.2, 0.25) is 0 Å². The summed E-state index contributed by atoms with van der Waals surface area (Å²) >= 11 is 0. The zero-order valence-electron chi connectivity index (χ0n) is 13.3. The Labute approximate surface area is 125 Å². The first kappa shape index (κ1) is 16.4. The third-order valence-corrected chi connectivity index (χ3v) is 3.70. The van der Waals surface area contributed by atoms with Gasteiger partial charge in [0.1, 0.15) is 5.82 Å². The van der Waals surface area contributed by atoms with E-state index >= 15 is 0 Å². The van der Waals surface area contributed by atoms with Gasteiger partial charge in [0.2, 0.25) is 0 Å². The summed E-state index contributed by atoms with van der Waals surface area (Å²) in [6.45, 7) is 9.88. The number of aryl methyl sites for hydroxylation is 1. The molecule has 5 heteroatoms. The fourth-order valence-corrected chi connectivity index (χ4v) is 2.99. The minimum atomic E-state index is -2.23. The van der Waals surface area contributed by atoms with Crippen molar-refractivity contribution in [2.24, 2.45) is 0 Å². The van der Waals surface area contributed by atoms with Gasteiger partial charge >= 0.3 is 0 Å². The van der Waals surface area contributed by atoms with Crippen molar-refractivity contribution >= 4 is 0 Å². The third-order valence-electron chi connectivity index (χ3n) is 3.70. The molecule has 4 nitrogen and oxygen atoms in total. The van der Waals surface area contributed by atoms with Crippen LogP contribution < -0.4 is 0 Å². The summed E-state index contributed by atoms with van der Waals surface area (Å²) in [5, 5.41) is 21.1. The van der Waals surface area contributed by atoms with E-state index in [1.807, 2.05) is 27.7 Å². The molecule has 1 aliphatic heterocycles. The van der Waals surface area contributed by atoms with E-state index in [4.69, 9.17) is 4.74 Å². The number of nitrogens with zero attached hydrogens (tertiary/aromatic N) is 1. The Hall–Kier alpha value is -1.01. The van der Waals surface area contributed by atoms with E-state index in [0.717, 1.165) is 0 Å². The van der Waals surface area contributed by atoms with Crippen LogP contribution in [0.4, 0.5) is 4.39 Å². The van der Waals surface area contributed by atoms with Crippen molar-refractivity contribution in [3.05, 3.63) is 35.1 Å². The average molecular weight is 297 g/mol. The van der Waals surface area contributed by atoms with Gasteiger partial charge < -0.3 is 14.9 Å². The number of hydrogen-bond acceptors (Lipinski definition) is 4. The van der Waals surface area contributed by atoms with Crippen LogP contribution in [0.25, 0.3) is 0 Å². The summed E-state index contributed by atoms with van der Waals surface area (Å²) in [4.78, 5) is 1.51. The van der Waals surface area contributed by atoms with Gasteiger partial charge in [-0.3, -0.25) is 0 Å². The molecule has 1 saturated heterocycles. The molecule has 0 aliphatic carbocycles. The van der Waals surface area contributed by atoms with Gasteiger partial charge in [-0.1, -0.05) is 12.1 Å². The van der Waals surface area contributed by atoms with E-state index in [0.29, 0.717) is 18.7 Å². The SMILES string of the molecule is Cc1ccc(C(O)(O)N2CC(C)(C)OC(C)(C)C2)cc1F. The van der Waals surface area contributed by atoms with Gasteiger partial charge in [0, 0.05) is 18.7 Å². The van der Waals surface area contributed by atoms with Crippen LogP contribution in [-0.4, -0.2) is 39.4 Å². The van der Waals surface area contributed by atoms with E-state index in [9.17, 15) is 14.6 Å². The Morgan fingerprint density at radius 3 is 2.14 bits per heavy atom. The summed E-state index contributed by atoms with van der Waals surface area (Å²) in [5.41, 5.74) is -0.458. The second kappa shape index (κ2) is 5.02. The quantitative estimate of drug-likeness (QED) is 0.821. The summed E-state index contributed by atoms with van der Waals surface area (Å²) in [6.07, 6.45) is 0. The molecule has 0 saturated carbocycles. The van der Waals surface area contributed by atoms with Crippen LogP contribution in [0.3, 0.4) is 0 Å². The molecule has 0 bridgehead atoms. The minimum absolute atomic E-state index is 0.124. The first-order valence-corrected chi connectivity index (χ1v) is 7.10. The Morgan fingerprint density at radius 2 is 1.67 bits per heavy atom. The number of benzene rings is 1. The molecule has 1 heterocycles. The largest absolute Gasteiger partial charge is 0.367 e. The van der Waals surface area contributed by atoms with Crippen molar-refractivity contribution in [1.29, 1.82) is 0 Å². The molecule has 1 fully saturated rings. The zero-order valence-corrected chi connectivity index (χ0v) is 13.3. The molecule has 21 heavy (non-hydrogen) atoms. The van der Waals surface area contributed by atoms with Crippen molar-refractivity contribution in [1.82, 2.24) is 4.90 Å². The molecule has 0 atom stereocenters. The smallest absolute Gasteiger partial charge is 0.253 e. The van der Waals surface area contributed by atoms with Gasteiger partial charge in [-0.2, -0.15) is 0 Å². The molecule has 1 aliphatic rings. The lowest BCUT2D eigenvalue weighted by molar-refractivity contribution is -0.321. The number of hydrogen-bond donors (Lipinski definition) is 2. The first-order valence-electron chi connectivity index (χ1n) is 7.10. The maximum absolute atomic E-state index is 13.7. The monoisotopic (exact) mass is 297 g/mol. The van der Waals surface area contributed by atoms with Crippen molar-refractivity contribution < 1.29 is 19.3 Å². The normalized spacial score (nSPS) is 22.3. The molecular formula is C16H24FNO3. The molecule has 0 spiro atoms. The Kier molecular flexibility index (Phi) is 3.91. The summed E-state index contributed by atoms with van der Waals surface area (Å²) in [5.74, 6) is -2.68. The minimum Gasteiger partial charge on any atom is -0.367 e. The van der Waals surface area contributed by atoms with E-state index in [1.54, 1.807) is 13.0 Å². The lowest BCUT2D eigenvalue weighted by atomic mass is 9.96. The fourth-order valence-electron chi connectivity index (χ4n) is 2.99.